The molecule has 0 radical (unpaired) electrons. The van der Waals surface area contributed by atoms with Crippen molar-refractivity contribution in [2.45, 2.75) is 56.1 Å². The number of nitrogens with zero attached hydrogens (tertiary/aromatic N) is 3. The monoisotopic (exact) mass is 813 g/mol. The van der Waals surface area contributed by atoms with E-state index >= 15 is 4.79 Å². The topological polar surface area (TPSA) is 160 Å². The van der Waals surface area contributed by atoms with Gasteiger partial charge in [0.05, 0.1) is 21.2 Å². The second kappa shape index (κ2) is 16.0. The zero-order valence-electron chi connectivity index (χ0n) is 29.4. The molecule has 1 saturated heterocycles. The van der Waals surface area contributed by atoms with Crippen molar-refractivity contribution in [2.75, 3.05) is 48.5 Å². The Hall–Kier alpha value is -3.93. The number of halogens is 5. The fraction of sp³-hybridized carbons (Fsp3) is 0.417. The van der Waals surface area contributed by atoms with E-state index in [0.29, 0.717) is 48.0 Å². The molecule has 1 unspecified atom stereocenters. The highest BCUT2D eigenvalue weighted by molar-refractivity contribution is 7.93. The van der Waals surface area contributed by atoms with E-state index in [2.05, 4.69) is 10.6 Å². The third kappa shape index (κ3) is 7.27. The second-order valence-electron chi connectivity index (χ2n) is 13.0. The summed E-state index contributed by atoms with van der Waals surface area (Å²) < 4.78 is 76.0. The number of benzene rings is 3. The lowest BCUT2D eigenvalue weighted by Crippen LogP contribution is -2.53. The molecule has 3 heterocycles. The first kappa shape index (κ1) is 41.2. The summed E-state index contributed by atoms with van der Waals surface area (Å²) >= 11 is 13.2. The van der Waals surface area contributed by atoms with Gasteiger partial charge in [0.1, 0.15) is 0 Å². The number of alkyl halides is 3. The molecule has 292 valence electrons. The number of anilines is 2. The van der Waals surface area contributed by atoms with E-state index in [-0.39, 0.29) is 45.1 Å². The number of sulfonamides is 1. The summed E-state index contributed by atoms with van der Waals surface area (Å²) in [5.41, 5.74) is -1.98. The molecule has 18 heteroatoms. The molecular formula is C36H40Cl2F3N5O7S. The van der Waals surface area contributed by atoms with Crippen molar-refractivity contribution in [3.8, 4) is 5.75 Å². The minimum atomic E-state index is -5.46. The first-order valence-electron chi connectivity index (χ1n) is 17.3. The molecule has 0 bridgehead atoms. The highest BCUT2D eigenvalue weighted by Crippen LogP contribution is 2.54. The quantitative estimate of drug-likeness (QED) is 0.203. The van der Waals surface area contributed by atoms with Crippen molar-refractivity contribution in [1.82, 2.24) is 15.5 Å². The molecule has 0 aromatic heterocycles. The van der Waals surface area contributed by atoms with Gasteiger partial charge in [-0.2, -0.15) is 13.2 Å². The molecule has 3 aromatic rings. The zero-order valence-corrected chi connectivity index (χ0v) is 31.8. The number of nitrogens with one attached hydrogen (secondary N) is 2. The van der Waals surface area contributed by atoms with E-state index < -0.39 is 50.0 Å². The van der Waals surface area contributed by atoms with Crippen molar-refractivity contribution in [3.05, 3.63) is 81.3 Å². The van der Waals surface area contributed by atoms with Crippen molar-refractivity contribution in [2.24, 2.45) is 5.92 Å². The Kier molecular flexibility index (Phi) is 12.3. The lowest BCUT2D eigenvalue weighted by Gasteiger charge is -2.33. The third-order valence-corrected chi connectivity index (χ3v) is 12.4. The number of hydrogen-bond donors (Lipinski definition) is 2. The van der Waals surface area contributed by atoms with E-state index in [0.717, 1.165) is 32.0 Å². The van der Waals surface area contributed by atoms with Crippen LogP contribution in [0.3, 0.4) is 0 Å². The molecule has 1 atom stereocenters. The first-order valence-corrected chi connectivity index (χ1v) is 19.5. The molecule has 0 spiro atoms. The van der Waals surface area contributed by atoms with Gasteiger partial charge in [0.2, 0.25) is 0 Å². The van der Waals surface area contributed by atoms with Gasteiger partial charge in [-0.05, 0) is 107 Å². The van der Waals surface area contributed by atoms with Crippen molar-refractivity contribution >= 4 is 62.5 Å². The number of rotatable bonds is 10. The number of esters is 1. The smallest absolute Gasteiger partial charge is 0.418 e. The fourth-order valence-electron chi connectivity index (χ4n) is 7.35. The number of carbonyl (C=O) groups excluding carboxylic acids is 3. The maximum atomic E-state index is 15.2. The van der Waals surface area contributed by atoms with Crippen molar-refractivity contribution in [1.29, 1.82) is 0 Å². The number of ether oxygens (including phenoxy) is 1. The number of piperidine rings is 1. The van der Waals surface area contributed by atoms with Crippen LogP contribution in [0, 0.1) is 5.92 Å². The minimum absolute atomic E-state index is 0. The fourth-order valence-corrected chi connectivity index (χ4v) is 9.33. The summed E-state index contributed by atoms with van der Waals surface area (Å²) in [7, 11) is -4.84. The Morgan fingerprint density at radius 2 is 1.69 bits per heavy atom. The van der Waals surface area contributed by atoms with Gasteiger partial charge < -0.3 is 20.4 Å². The van der Waals surface area contributed by atoms with Gasteiger partial charge in [-0.1, -0.05) is 41.4 Å². The maximum absolute atomic E-state index is 15.2. The summed E-state index contributed by atoms with van der Waals surface area (Å²) in [6.45, 7) is 6.64. The largest absolute Gasteiger partial charge is 0.491 e. The summed E-state index contributed by atoms with van der Waals surface area (Å²) in [5.74, 6) is -4.35. The van der Waals surface area contributed by atoms with Crippen LogP contribution in [-0.2, 0) is 31.6 Å². The van der Waals surface area contributed by atoms with Crippen LogP contribution in [0.1, 0.15) is 49.8 Å². The summed E-state index contributed by atoms with van der Waals surface area (Å²) in [4.78, 5) is 43.6. The summed E-state index contributed by atoms with van der Waals surface area (Å²) in [6, 6.07) is 12.2. The molecule has 54 heavy (non-hydrogen) atoms. The van der Waals surface area contributed by atoms with Gasteiger partial charge in [0, 0.05) is 35.9 Å². The summed E-state index contributed by atoms with van der Waals surface area (Å²) in [6.07, 6.45) is -2.92. The SMILES string of the molecule is CCN(CC)C(=O)N1CCc2cc(S(=O)(=O)N3C(=O)C(NCCC4CCNCC4)(c4ccccc4Cl)c4c3ccc(Cl)c4OC(=O)C(F)(F)F)ccc21.O. The normalized spacial score (nSPS) is 18.6. The van der Waals surface area contributed by atoms with Gasteiger partial charge in [-0.25, -0.2) is 22.3 Å². The molecule has 6 rings (SSSR count). The number of carbonyl (C=O) groups is 3. The predicted octanol–water partition coefficient (Wildman–Crippen LogP) is 5.42. The molecule has 0 aliphatic carbocycles. The van der Waals surface area contributed by atoms with E-state index in [4.69, 9.17) is 27.9 Å². The lowest BCUT2D eigenvalue weighted by atomic mass is 9.82. The molecule has 4 N–H and O–H groups in total. The molecule has 3 aliphatic heterocycles. The van der Waals surface area contributed by atoms with Crippen LogP contribution in [0.2, 0.25) is 10.0 Å². The van der Waals surface area contributed by atoms with Crippen LogP contribution in [0.25, 0.3) is 0 Å². The van der Waals surface area contributed by atoms with Crippen LogP contribution in [0.4, 0.5) is 29.3 Å². The number of hydrogen-bond acceptors (Lipinski definition) is 8. The van der Waals surface area contributed by atoms with Gasteiger partial charge in [-0.3, -0.25) is 15.0 Å². The van der Waals surface area contributed by atoms with Crippen molar-refractivity contribution in [3.63, 3.8) is 0 Å². The first-order chi connectivity index (χ1) is 25.2. The molecule has 12 nitrogen and oxygen atoms in total. The maximum Gasteiger partial charge on any atom is 0.491 e. The third-order valence-electron chi connectivity index (χ3n) is 10.0. The minimum Gasteiger partial charge on any atom is -0.418 e. The van der Waals surface area contributed by atoms with Crippen LogP contribution in [0.5, 0.6) is 5.75 Å². The van der Waals surface area contributed by atoms with Crippen LogP contribution in [0.15, 0.2) is 59.5 Å². The standard InChI is InChI=1S/C36H38Cl2F3N5O6S.H2O/c1-3-44(4-2)34(49)45-20-16-23-21-24(9-11-28(23)45)53(50,51)46-29-12-10-27(38)31(52-33(48)36(39,40)41)30(29)35(32(46)47,25-7-5-6-8-26(25)37)43-19-15-22-13-17-42-18-14-22;/h5-12,21-22,42-43H,3-4,13-20H2,1-2H3;1H2. The van der Waals surface area contributed by atoms with Crippen LogP contribution >= 0.6 is 23.2 Å². The molecule has 3 aromatic carbocycles. The Morgan fingerprint density at radius 1 is 1.02 bits per heavy atom. The van der Waals surface area contributed by atoms with Gasteiger partial charge in [-0.15, -0.1) is 0 Å². The highest BCUT2D eigenvalue weighted by Gasteiger charge is 2.59. The number of urea groups is 1. The van der Waals surface area contributed by atoms with E-state index in [9.17, 15) is 31.2 Å². The predicted molar refractivity (Wildman–Crippen MR) is 198 cm³/mol. The highest BCUT2D eigenvalue weighted by atomic mass is 35.5. The van der Waals surface area contributed by atoms with E-state index in [1.807, 2.05) is 13.8 Å². The van der Waals surface area contributed by atoms with Crippen LogP contribution in [-0.4, -0.2) is 82.1 Å². The van der Waals surface area contributed by atoms with E-state index in [1.165, 1.54) is 36.4 Å². The number of amides is 3. The Bertz CT molecular complexity index is 2040. The molecule has 3 amide bonds. The van der Waals surface area contributed by atoms with Gasteiger partial charge >= 0.3 is 18.2 Å². The average molecular weight is 815 g/mol. The lowest BCUT2D eigenvalue weighted by molar-refractivity contribution is -0.189. The summed E-state index contributed by atoms with van der Waals surface area (Å²) in [5, 5.41) is 5.98. The van der Waals surface area contributed by atoms with Gasteiger partial charge in [0.25, 0.3) is 15.9 Å². The molecular weight excluding hydrogens is 774 g/mol. The molecule has 0 saturated carbocycles. The molecule has 3 aliphatic rings. The Labute approximate surface area is 320 Å². The molecule has 1 fully saturated rings. The van der Waals surface area contributed by atoms with Crippen molar-refractivity contribution < 1.29 is 46.2 Å². The Balaban J connectivity index is 0.00000561. The van der Waals surface area contributed by atoms with Crippen LogP contribution < -0.4 is 24.6 Å². The second-order valence-corrected chi connectivity index (χ2v) is 15.6. The number of fused-ring (bicyclic) bond motifs is 2. The van der Waals surface area contributed by atoms with E-state index in [1.54, 1.807) is 21.9 Å². The average Bonchev–Trinajstić information content (AvgIpc) is 3.67. The van der Waals surface area contributed by atoms with Gasteiger partial charge in [0.15, 0.2) is 11.3 Å². The Morgan fingerprint density at radius 3 is 2.33 bits per heavy atom. The zero-order chi connectivity index (χ0) is 38.3.